The van der Waals surface area contributed by atoms with Crippen molar-refractivity contribution in [2.24, 2.45) is 0 Å². The Kier molecular flexibility index (Phi) is 5.83. The van der Waals surface area contributed by atoms with Crippen molar-refractivity contribution in [2.75, 3.05) is 7.11 Å². The van der Waals surface area contributed by atoms with Crippen molar-refractivity contribution in [3.05, 3.63) is 57.9 Å². The first-order valence-electron chi connectivity index (χ1n) is 9.38. The molecule has 0 amide bonds. The summed E-state index contributed by atoms with van der Waals surface area (Å²) in [6.07, 6.45) is 2.63. The normalized spacial score (nSPS) is 10.9. The van der Waals surface area contributed by atoms with Gasteiger partial charge in [0.15, 0.2) is 0 Å². The number of hydrogen-bond acceptors (Lipinski definition) is 5. The summed E-state index contributed by atoms with van der Waals surface area (Å²) in [7, 11) is 1.57. The maximum absolute atomic E-state index is 13.4. The summed E-state index contributed by atoms with van der Waals surface area (Å²) in [5.41, 5.74) is 2.27. The number of fused-ring (bicyclic) bond motifs is 1. The minimum absolute atomic E-state index is 0.129. The molecule has 0 N–H and O–H groups in total. The van der Waals surface area contributed by atoms with E-state index >= 15 is 0 Å². The molecule has 0 radical (unpaired) electrons. The largest absolute Gasteiger partial charge is 0.496 e. The second kappa shape index (κ2) is 8.30. The molecule has 0 unspecified atom stereocenters. The molecule has 5 heteroatoms. The molecule has 0 saturated heterocycles. The molecule has 0 aliphatic carbocycles. The lowest BCUT2D eigenvalue weighted by Crippen LogP contribution is -2.10. The van der Waals surface area contributed by atoms with Crippen LogP contribution in [0.25, 0.3) is 22.1 Å². The summed E-state index contributed by atoms with van der Waals surface area (Å²) in [5, 5.41) is 0.466. The van der Waals surface area contributed by atoms with Gasteiger partial charge in [-0.1, -0.05) is 31.5 Å². The molecule has 28 heavy (non-hydrogen) atoms. The molecule has 0 bridgehead atoms. The maximum Gasteiger partial charge on any atom is 0.308 e. The van der Waals surface area contributed by atoms with Crippen LogP contribution in [0.15, 0.2) is 45.6 Å². The summed E-state index contributed by atoms with van der Waals surface area (Å²) in [6, 6.07) is 10.8. The predicted octanol–water partition coefficient (Wildman–Crippen LogP) is 5.04. The van der Waals surface area contributed by atoms with E-state index in [1.165, 1.54) is 6.92 Å². The Morgan fingerprint density at radius 1 is 1.14 bits per heavy atom. The SMILES string of the molecule is CCCCc1cc2c(=O)c(-c3ccccc3OC)c(C)oc2cc1OC(C)=O. The second-order valence-corrected chi connectivity index (χ2v) is 6.72. The van der Waals surface area contributed by atoms with E-state index in [1.807, 2.05) is 24.3 Å². The Balaban J connectivity index is 2.27. The minimum Gasteiger partial charge on any atom is -0.496 e. The van der Waals surface area contributed by atoms with Crippen molar-refractivity contribution in [1.29, 1.82) is 0 Å². The standard InChI is InChI=1S/C23H24O5/c1-5-6-9-16-12-18-21(13-20(16)28-15(3)24)27-14(2)22(23(18)25)17-10-7-8-11-19(17)26-4/h7-8,10-13H,5-6,9H2,1-4H3. The van der Waals surface area contributed by atoms with Crippen LogP contribution in [-0.2, 0) is 11.2 Å². The number of carbonyl (C=O) groups excluding carboxylic acids is 1. The van der Waals surface area contributed by atoms with Crippen molar-refractivity contribution < 1.29 is 18.7 Å². The van der Waals surface area contributed by atoms with Crippen LogP contribution >= 0.6 is 0 Å². The number of esters is 1. The van der Waals surface area contributed by atoms with Crippen molar-refractivity contribution in [3.63, 3.8) is 0 Å². The molecule has 0 fully saturated rings. The lowest BCUT2D eigenvalue weighted by molar-refractivity contribution is -0.131. The van der Waals surface area contributed by atoms with Gasteiger partial charge in [0.1, 0.15) is 22.8 Å². The van der Waals surface area contributed by atoms with Gasteiger partial charge >= 0.3 is 5.97 Å². The van der Waals surface area contributed by atoms with E-state index in [9.17, 15) is 9.59 Å². The van der Waals surface area contributed by atoms with E-state index in [0.29, 0.717) is 45.8 Å². The van der Waals surface area contributed by atoms with Gasteiger partial charge in [0.2, 0.25) is 5.43 Å². The van der Waals surface area contributed by atoms with Crippen molar-refractivity contribution in [3.8, 4) is 22.6 Å². The van der Waals surface area contributed by atoms with Crippen LogP contribution in [0.4, 0.5) is 0 Å². The average Bonchev–Trinajstić information content (AvgIpc) is 2.66. The van der Waals surface area contributed by atoms with E-state index < -0.39 is 5.97 Å². The number of aryl methyl sites for hydroxylation is 2. The fourth-order valence-corrected chi connectivity index (χ4v) is 3.35. The van der Waals surface area contributed by atoms with Gasteiger partial charge in [-0.15, -0.1) is 0 Å². The summed E-state index contributed by atoms with van der Waals surface area (Å²) < 4.78 is 16.7. The third kappa shape index (κ3) is 3.79. The average molecular weight is 380 g/mol. The Morgan fingerprint density at radius 3 is 2.57 bits per heavy atom. The van der Waals surface area contributed by atoms with Gasteiger partial charge in [-0.25, -0.2) is 0 Å². The smallest absolute Gasteiger partial charge is 0.308 e. The van der Waals surface area contributed by atoms with Gasteiger partial charge in [0.25, 0.3) is 0 Å². The number of para-hydroxylation sites is 1. The number of methoxy groups -OCH3 is 1. The van der Waals surface area contributed by atoms with E-state index in [-0.39, 0.29) is 5.43 Å². The minimum atomic E-state index is -0.401. The first kappa shape index (κ1) is 19.7. The van der Waals surface area contributed by atoms with Gasteiger partial charge in [-0.05, 0) is 37.5 Å². The lowest BCUT2D eigenvalue weighted by Gasteiger charge is -2.13. The Morgan fingerprint density at radius 2 is 1.89 bits per heavy atom. The summed E-state index contributed by atoms with van der Waals surface area (Å²) in [6.45, 7) is 5.20. The topological polar surface area (TPSA) is 65.7 Å². The Hall–Kier alpha value is -3.08. The molecular formula is C23H24O5. The van der Waals surface area contributed by atoms with Crippen LogP contribution in [-0.4, -0.2) is 13.1 Å². The van der Waals surface area contributed by atoms with Crippen LogP contribution in [0.2, 0.25) is 0 Å². The summed E-state index contributed by atoms with van der Waals surface area (Å²) in [4.78, 5) is 24.8. The third-order valence-corrected chi connectivity index (χ3v) is 4.68. The molecule has 0 saturated carbocycles. The van der Waals surface area contributed by atoms with Crippen LogP contribution in [0.1, 0.15) is 38.0 Å². The highest BCUT2D eigenvalue weighted by molar-refractivity contribution is 5.86. The quantitative estimate of drug-likeness (QED) is 0.442. The van der Waals surface area contributed by atoms with Gasteiger partial charge in [-0.3, -0.25) is 9.59 Å². The maximum atomic E-state index is 13.4. The zero-order valence-electron chi connectivity index (χ0n) is 16.6. The highest BCUT2D eigenvalue weighted by Crippen LogP contribution is 2.33. The third-order valence-electron chi connectivity index (χ3n) is 4.68. The molecule has 1 heterocycles. The molecule has 0 aliphatic rings. The van der Waals surface area contributed by atoms with Gasteiger partial charge in [-0.2, -0.15) is 0 Å². The van der Waals surface area contributed by atoms with Gasteiger partial charge in [0, 0.05) is 18.6 Å². The number of rotatable bonds is 6. The van der Waals surface area contributed by atoms with E-state index in [1.54, 1.807) is 26.2 Å². The molecule has 1 aromatic heterocycles. The first-order valence-corrected chi connectivity index (χ1v) is 9.38. The number of carbonyl (C=O) groups is 1. The molecular weight excluding hydrogens is 356 g/mol. The molecule has 146 valence electrons. The second-order valence-electron chi connectivity index (χ2n) is 6.72. The Labute approximate surface area is 163 Å². The molecule has 0 atom stereocenters. The molecule has 2 aromatic carbocycles. The van der Waals surface area contributed by atoms with Crippen molar-refractivity contribution in [2.45, 2.75) is 40.0 Å². The molecule has 0 spiro atoms. The van der Waals surface area contributed by atoms with Gasteiger partial charge < -0.3 is 13.9 Å². The Bertz CT molecular complexity index is 1080. The number of unbranched alkanes of at least 4 members (excludes halogenated alkanes) is 1. The van der Waals surface area contributed by atoms with Crippen molar-refractivity contribution >= 4 is 16.9 Å². The predicted molar refractivity (Wildman–Crippen MR) is 109 cm³/mol. The zero-order chi connectivity index (χ0) is 20.3. The molecule has 3 aromatic rings. The van der Waals surface area contributed by atoms with Gasteiger partial charge in [0.05, 0.1) is 18.1 Å². The summed E-state index contributed by atoms with van der Waals surface area (Å²) >= 11 is 0. The molecule has 0 aliphatic heterocycles. The summed E-state index contributed by atoms with van der Waals surface area (Å²) in [5.74, 6) is 1.14. The van der Waals surface area contributed by atoms with Crippen LogP contribution in [0, 0.1) is 6.92 Å². The van der Waals surface area contributed by atoms with E-state index in [0.717, 1.165) is 18.4 Å². The molecule has 5 nitrogen and oxygen atoms in total. The van der Waals surface area contributed by atoms with Crippen LogP contribution in [0.5, 0.6) is 11.5 Å². The highest BCUT2D eigenvalue weighted by Gasteiger charge is 2.19. The number of benzene rings is 2. The van der Waals surface area contributed by atoms with Crippen LogP contribution < -0.4 is 14.9 Å². The van der Waals surface area contributed by atoms with Crippen LogP contribution in [0.3, 0.4) is 0 Å². The zero-order valence-corrected chi connectivity index (χ0v) is 16.6. The highest BCUT2D eigenvalue weighted by atomic mass is 16.5. The number of ether oxygens (including phenoxy) is 2. The lowest BCUT2D eigenvalue weighted by atomic mass is 9.99. The monoisotopic (exact) mass is 380 g/mol. The molecule has 3 rings (SSSR count). The van der Waals surface area contributed by atoms with E-state index in [4.69, 9.17) is 13.9 Å². The fraction of sp³-hybridized carbons (Fsp3) is 0.304. The van der Waals surface area contributed by atoms with Crippen molar-refractivity contribution in [1.82, 2.24) is 0 Å². The first-order chi connectivity index (χ1) is 13.5. The number of hydrogen-bond donors (Lipinski definition) is 0. The fourth-order valence-electron chi connectivity index (χ4n) is 3.35. The van der Waals surface area contributed by atoms with E-state index in [2.05, 4.69) is 6.92 Å².